The Hall–Kier alpha value is -2.18. The quantitative estimate of drug-likeness (QED) is 0.731. The fourth-order valence-electron chi connectivity index (χ4n) is 1.41. The first-order valence-corrected chi connectivity index (χ1v) is 5.67. The SMILES string of the molecule is O=C([O-])[C@H](Cc1ccccc1)N=CCC(=O)C(F)(F)F. The minimum Gasteiger partial charge on any atom is -0.548 e. The minimum absolute atomic E-state index is 0.0140. The van der Waals surface area contributed by atoms with Gasteiger partial charge in [0.1, 0.15) is 0 Å². The van der Waals surface area contributed by atoms with Gasteiger partial charge < -0.3 is 9.90 Å². The normalized spacial score (nSPS) is 13.3. The fraction of sp³-hybridized carbons (Fsp3) is 0.308. The molecule has 0 aliphatic carbocycles. The van der Waals surface area contributed by atoms with E-state index in [2.05, 4.69) is 4.99 Å². The molecule has 0 aromatic heterocycles. The summed E-state index contributed by atoms with van der Waals surface area (Å²) >= 11 is 0. The predicted molar refractivity (Wildman–Crippen MR) is 63.1 cm³/mol. The van der Waals surface area contributed by atoms with Crippen molar-refractivity contribution in [2.45, 2.75) is 25.1 Å². The first-order valence-electron chi connectivity index (χ1n) is 5.67. The van der Waals surface area contributed by atoms with Gasteiger partial charge in [-0.1, -0.05) is 30.3 Å². The molecular formula is C13H11F3NO3-. The number of aliphatic carboxylic acids is 1. The van der Waals surface area contributed by atoms with Gasteiger partial charge in [0.25, 0.3) is 0 Å². The van der Waals surface area contributed by atoms with Gasteiger partial charge in [-0.05, 0) is 5.56 Å². The number of hydrogen-bond donors (Lipinski definition) is 0. The molecule has 20 heavy (non-hydrogen) atoms. The number of carboxylic acid groups (broad SMARTS) is 1. The summed E-state index contributed by atoms with van der Waals surface area (Å²) < 4.78 is 35.8. The van der Waals surface area contributed by atoms with Crippen molar-refractivity contribution in [3.63, 3.8) is 0 Å². The molecular weight excluding hydrogens is 275 g/mol. The molecule has 1 aromatic rings. The summed E-state index contributed by atoms with van der Waals surface area (Å²) in [6, 6.07) is 7.12. The molecule has 0 saturated heterocycles. The Morgan fingerprint density at radius 2 is 1.85 bits per heavy atom. The number of benzene rings is 1. The summed E-state index contributed by atoms with van der Waals surface area (Å²) in [4.78, 5) is 24.9. The molecule has 108 valence electrons. The Morgan fingerprint density at radius 1 is 1.25 bits per heavy atom. The van der Waals surface area contributed by atoms with E-state index in [1.807, 2.05) is 0 Å². The van der Waals surface area contributed by atoms with Gasteiger partial charge in [-0.25, -0.2) is 0 Å². The summed E-state index contributed by atoms with van der Waals surface area (Å²) in [7, 11) is 0. The van der Waals surface area contributed by atoms with Gasteiger partial charge in [-0.2, -0.15) is 13.2 Å². The van der Waals surface area contributed by atoms with E-state index in [0.717, 1.165) is 0 Å². The van der Waals surface area contributed by atoms with Crippen LogP contribution in [-0.4, -0.2) is 30.2 Å². The van der Waals surface area contributed by atoms with E-state index in [0.29, 0.717) is 11.8 Å². The minimum atomic E-state index is -4.94. The van der Waals surface area contributed by atoms with Crippen LogP contribution in [0.3, 0.4) is 0 Å². The number of ketones is 1. The third kappa shape index (κ3) is 5.21. The zero-order valence-electron chi connectivity index (χ0n) is 10.3. The summed E-state index contributed by atoms with van der Waals surface area (Å²) in [6.45, 7) is 0. The van der Waals surface area contributed by atoms with Gasteiger partial charge in [-0.15, -0.1) is 0 Å². The lowest BCUT2D eigenvalue weighted by Crippen LogP contribution is -2.36. The Balaban J connectivity index is 2.65. The second-order valence-electron chi connectivity index (χ2n) is 3.98. The third-order valence-corrected chi connectivity index (χ3v) is 2.42. The first-order chi connectivity index (χ1) is 9.30. The van der Waals surface area contributed by atoms with Gasteiger partial charge in [-0.3, -0.25) is 9.79 Å². The van der Waals surface area contributed by atoms with Gasteiger partial charge in [0, 0.05) is 12.6 Å². The molecule has 1 aromatic carbocycles. The second kappa shape index (κ2) is 6.83. The number of carboxylic acids is 1. The van der Waals surface area contributed by atoms with Crippen molar-refractivity contribution in [3.05, 3.63) is 35.9 Å². The second-order valence-corrected chi connectivity index (χ2v) is 3.98. The molecule has 7 heteroatoms. The van der Waals surface area contributed by atoms with Crippen molar-refractivity contribution in [2.75, 3.05) is 0 Å². The molecule has 0 heterocycles. The molecule has 0 fully saturated rings. The number of carbonyl (C=O) groups is 2. The first kappa shape index (κ1) is 15.9. The Bertz CT molecular complexity index is 497. The van der Waals surface area contributed by atoms with E-state index in [4.69, 9.17) is 0 Å². The summed E-state index contributed by atoms with van der Waals surface area (Å²) in [5.41, 5.74) is 0.654. The van der Waals surface area contributed by atoms with Crippen LogP contribution >= 0.6 is 0 Å². The molecule has 1 atom stereocenters. The average Bonchev–Trinajstić information content (AvgIpc) is 2.37. The lowest BCUT2D eigenvalue weighted by molar-refractivity contribution is -0.307. The number of hydrogen-bond acceptors (Lipinski definition) is 4. The van der Waals surface area contributed by atoms with Crippen LogP contribution in [0.4, 0.5) is 13.2 Å². The van der Waals surface area contributed by atoms with Crippen LogP contribution in [0.15, 0.2) is 35.3 Å². The van der Waals surface area contributed by atoms with Gasteiger partial charge in [0.05, 0.1) is 18.4 Å². The highest BCUT2D eigenvalue weighted by Gasteiger charge is 2.36. The zero-order chi connectivity index (χ0) is 15.2. The Kier molecular flexibility index (Phi) is 5.42. The van der Waals surface area contributed by atoms with Crippen LogP contribution < -0.4 is 5.11 Å². The molecule has 0 aliphatic rings. The summed E-state index contributed by atoms with van der Waals surface area (Å²) in [5.74, 6) is -3.48. The Labute approximate surface area is 112 Å². The zero-order valence-corrected chi connectivity index (χ0v) is 10.3. The number of Topliss-reactive ketones (excluding diaryl/α,β-unsaturated/α-hetero) is 1. The van der Waals surface area contributed by atoms with Gasteiger partial charge in [0.2, 0.25) is 5.78 Å². The summed E-state index contributed by atoms with van der Waals surface area (Å²) in [6.07, 6.45) is -5.27. The highest BCUT2D eigenvalue weighted by Crippen LogP contribution is 2.17. The average molecular weight is 286 g/mol. The number of halogens is 3. The van der Waals surface area contributed by atoms with E-state index < -0.39 is 30.4 Å². The Morgan fingerprint density at radius 3 is 2.35 bits per heavy atom. The number of aliphatic imine (C=N–C) groups is 1. The molecule has 0 saturated carbocycles. The van der Waals surface area contributed by atoms with Gasteiger partial charge >= 0.3 is 6.18 Å². The molecule has 0 radical (unpaired) electrons. The smallest absolute Gasteiger partial charge is 0.450 e. The van der Waals surface area contributed by atoms with Crippen LogP contribution in [0, 0.1) is 0 Å². The van der Waals surface area contributed by atoms with E-state index in [1.54, 1.807) is 30.3 Å². The van der Waals surface area contributed by atoms with Gasteiger partial charge in [0.15, 0.2) is 0 Å². The highest BCUT2D eigenvalue weighted by molar-refractivity contribution is 5.95. The van der Waals surface area contributed by atoms with Crippen molar-refractivity contribution in [1.82, 2.24) is 0 Å². The van der Waals surface area contributed by atoms with E-state index >= 15 is 0 Å². The predicted octanol–water partition coefficient (Wildman–Crippen LogP) is 0.940. The van der Waals surface area contributed by atoms with Crippen molar-refractivity contribution in [1.29, 1.82) is 0 Å². The van der Waals surface area contributed by atoms with Crippen LogP contribution in [0.2, 0.25) is 0 Å². The highest BCUT2D eigenvalue weighted by atomic mass is 19.4. The fourth-order valence-corrected chi connectivity index (χ4v) is 1.41. The number of nitrogens with zero attached hydrogens (tertiary/aromatic N) is 1. The van der Waals surface area contributed by atoms with Crippen LogP contribution in [0.1, 0.15) is 12.0 Å². The number of carbonyl (C=O) groups excluding carboxylic acids is 2. The van der Waals surface area contributed by atoms with Crippen LogP contribution in [-0.2, 0) is 16.0 Å². The van der Waals surface area contributed by atoms with Crippen molar-refractivity contribution >= 4 is 18.0 Å². The molecule has 4 nitrogen and oxygen atoms in total. The van der Waals surface area contributed by atoms with Crippen LogP contribution in [0.5, 0.6) is 0 Å². The third-order valence-electron chi connectivity index (χ3n) is 2.42. The maximum absolute atomic E-state index is 11.9. The number of rotatable bonds is 6. The molecule has 0 bridgehead atoms. The summed E-state index contributed by atoms with van der Waals surface area (Å²) in [5, 5.41) is 10.8. The largest absolute Gasteiger partial charge is 0.548 e. The monoisotopic (exact) mass is 286 g/mol. The lowest BCUT2D eigenvalue weighted by atomic mass is 10.1. The van der Waals surface area contributed by atoms with E-state index in [1.165, 1.54) is 0 Å². The molecule has 0 aliphatic heterocycles. The maximum Gasteiger partial charge on any atom is 0.450 e. The molecule has 0 N–H and O–H groups in total. The van der Waals surface area contributed by atoms with Crippen molar-refractivity contribution in [2.24, 2.45) is 4.99 Å². The maximum atomic E-state index is 11.9. The van der Waals surface area contributed by atoms with E-state index in [9.17, 15) is 27.9 Å². The molecule has 0 amide bonds. The lowest BCUT2D eigenvalue weighted by Gasteiger charge is -2.13. The molecule has 0 spiro atoms. The molecule has 0 unspecified atom stereocenters. The van der Waals surface area contributed by atoms with Crippen molar-refractivity contribution < 1.29 is 27.9 Å². The van der Waals surface area contributed by atoms with E-state index in [-0.39, 0.29) is 6.42 Å². The number of alkyl halides is 3. The topological polar surface area (TPSA) is 69.6 Å². The standard InChI is InChI=1S/C13H12F3NO3/c14-13(15,16)11(18)6-7-17-10(12(19)20)8-9-4-2-1-3-5-9/h1-5,7,10H,6,8H2,(H,19,20)/p-1/t10-/m0/s1. The van der Waals surface area contributed by atoms with Crippen molar-refractivity contribution in [3.8, 4) is 0 Å². The van der Waals surface area contributed by atoms with Crippen LogP contribution in [0.25, 0.3) is 0 Å². The molecule has 1 rings (SSSR count).